The second-order valence-corrected chi connectivity index (χ2v) is 11.0. The maximum atomic E-state index is 15.0. The molecule has 0 radical (unpaired) electrons. The molecular formula is C26H33ClFN11O2. The Morgan fingerprint density at radius 1 is 0.878 bits per heavy atom. The number of phenols is 1. The number of nitrogens with zero attached hydrogens (tertiary/aromatic N) is 5. The van der Waals surface area contributed by atoms with Gasteiger partial charge in [-0.1, -0.05) is 11.6 Å². The van der Waals surface area contributed by atoms with Crippen molar-refractivity contribution in [3.05, 3.63) is 52.8 Å². The first kappa shape index (κ1) is 28.7. The normalized spacial score (nSPS) is 22.9. The van der Waals surface area contributed by atoms with Crippen LogP contribution >= 0.6 is 11.6 Å². The standard InChI is InChI=1S/C26H33ClFN11O2/c27-13-1-3-19(22(40)5-13)23(41)34-21-4-2-18(8-20(21)28)33-24-35-25(38-9-14(29)6-15(30)10-38)37-26(36-24)39-11-16(31)7-17(32)12-39/h1-5,8,14-17,40H,6-7,9-12,29-32H2,(H,34,41)(H,33,35,36,37)/t14-,15+,16-,17+. The lowest BCUT2D eigenvalue weighted by molar-refractivity contribution is 0.102. The number of phenolic OH excluding ortho intramolecular Hbond substituents is 1. The maximum Gasteiger partial charge on any atom is 0.259 e. The molecule has 13 nitrogen and oxygen atoms in total. The summed E-state index contributed by atoms with van der Waals surface area (Å²) in [5, 5.41) is 15.8. The summed E-state index contributed by atoms with van der Waals surface area (Å²) >= 11 is 5.82. The first-order valence-electron chi connectivity index (χ1n) is 13.2. The van der Waals surface area contributed by atoms with Crippen LogP contribution in [0.1, 0.15) is 23.2 Å². The van der Waals surface area contributed by atoms with E-state index in [0.717, 1.165) is 0 Å². The highest BCUT2D eigenvalue weighted by Gasteiger charge is 2.29. The summed E-state index contributed by atoms with van der Waals surface area (Å²) in [6.07, 6.45) is 1.38. The van der Waals surface area contributed by atoms with Gasteiger partial charge in [-0.2, -0.15) is 15.0 Å². The number of carbonyl (C=O) groups excluding carboxylic acids is 1. The highest BCUT2D eigenvalue weighted by Crippen LogP contribution is 2.27. The van der Waals surface area contributed by atoms with Gasteiger partial charge < -0.3 is 48.5 Å². The van der Waals surface area contributed by atoms with Crippen LogP contribution in [0.2, 0.25) is 5.02 Å². The van der Waals surface area contributed by atoms with E-state index in [1.807, 2.05) is 9.80 Å². The molecule has 2 aromatic carbocycles. The molecule has 2 aliphatic heterocycles. The number of nitrogens with two attached hydrogens (primary N) is 4. The van der Waals surface area contributed by atoms with E-state index in [1.165, 1.54) is 30.3 Å². The molecule has 1 aromatic heterocycles. The fourth-order valence-corrected chi connectivity index (χ4v) is 5.25. The number of nitrogens with one attached hydrogen (secondary N) is 2. The molecule has 5 rings (SSSR count). The van der Waals surface area contributed by atoms with Crippen molar-refractivity contribution >= 4 is 46.7 Å². The van der Waals surface area contributed by atoms with Gasteiger partial charge in [-0.25, -0.2) is 4.39 Å². The molecule has 2 fully saturated rings. The minimum atomic E-state index is -0.715. The molecule has 2 aliphatic rings. The highest BCUT2D eigenvalue weighted by molar-refractivity contribution is 6.31. The van der Waals surface area contributed by atoms with E-state index in [9.17, 15) is 9.90 Å². The van der Waals surface area contributed by atoms with Crippen LogP contribution in [0.4, 0.5) is 33.6 Å². The third kappa shape index (κ3) is 6.92. The van der Waals surface area contributed by atoms with E-state index in [1.54, 1.807) is 6.07 Å². The van der Waals surface area contributed by atoms with Gasteiger partial charge in [0.25, 0.3) is 5.91 Å². The zero-order valence-electron chi connectivity index (χ0n) is 22.2. The van der Waals surface area contributed by atoms with Gasteiger partial charge in [0.15, 0.2) is 0 Å². The lowest BCUT2D eigenvalue weighted by Crippen LogP contribution is -2.54. The van der Waals surface area contributed by atoms with Crippen molar-refractivity contribution in [1.82, 2.24) is 15.0 Å². The molecule has 2 saturated heterocycles. The number of rotatable bonds is 6. The van der Waals surface area contributed by atoms with E-state index in [4.69, 9.17) is 34.5 Å². The van der Waals surface area contributed by atoms with Crippen LogP contribution in [0.5, 0.6) is 5.75 Å². The van der Waals surface area contributed by atoms with E-state index < -0.39 is 11.7 Å². The number of aromatic hydroxyl groups is 1. The summed E-state index contributed by atoms with van der Waals surface area (Å²) in [5.74, 6) is -0.798. The van der Waals surface area contributed by atoms with Crippen LogP contribution < -0.4 is 43.4 Å². The van der Waals surface area contributed by atoms with Gasteiger partial charge in [-0.05, 0) is 49.2 Å². The zero-order valence-corrected chi connectivity index (χ0v) is 22.9. The molecule has 0 spiro atoms. The Morgan fingerprint density at radius 3 is 1.95 bits per heavy atom. The molecule has 41 heavy (non-hydrogen) atoms. The molecule has 218 valence electrons. The van der Waals surface area contributed by atoms with E-state index in [-0.39, 0.29) is 52.1 Å². The Balaban J connectivity index is 1.39. The number of aromatic nitrogens is 3. The first-order chi connectivity index (χ1) is 19.5. The van der Waals surface area contributed by atoms with Crippen LogP contribution in [0.3, 0.4) is 0 Å². The molecule has 3 aromatic rings. The van der Waals surface area contributed by atoms with E-state index in [0.29, 0.717) is 56.6 Å². The average molecular weight is 586 g/mol. The number of anilines is 5. The van der Waals surface area contributed by atoms with Crippen molar-refractivity contribution in [2.75, 3.05) is 46.6 Å². The molecule has 4 atom stereocenters. The van der Waals surface area contributed by atoms with E-state index >= 15 is 4.39 Å². The first-order valence-corrected chi connectivity index (χ1v) is 13.6. The summed E-state index contributed by atoms with van der Waals surface area (Å²) in [6.45, 7) is 2.06. The predicted octanol–water partition coefficient (Wildman–Crippen LogP) is 1.10. The Kier molecular flexibility index (Phi) is 8.37. The fourth-order valence-electron chi connectivity index (χ4n) is 5.09. The Labute approximate surface area is 241 Å². The highest BCUT2D eigenvalue weighted by atomic mass is 35.5. The molecule has 0 aliphatic carbocycles. The lowest BCUT2D eigenvalue weighted by atomic mass is 10.0. The predicted molar refractivity (Wildman–Crippen MR) is 156 cm³/mol. The minimum absolute atomic E-state index is 0.0458. The van der Waals surface area contributed by atoms with Crippen molar-refractivity contribution in [3.63, 3.8) is 0 Å². The number of benzene rings is 2. The van der Waals surface area contributed by atoms with Crippen molar-refractivity contribution in [3.8, 4) is 5.75 Å². The topological polar surface area (TPSA) is 211 Å². The molecule has 0 saturated carbocycles. The minimum Gasteiger partial charge on any atom is -0.507 e. The number of hydrogen-bond acceptors (Lipinski definition) is 12. The lowest BCUT2D eigenvalue weighted by Gasteiger charge is -2.37. The van der Waals surface area contributed by atoms with Gasteiger partial charge in [0.05, 0.1) is 11.3 Å². The smallest absolute Gasteiger partial charge is 0.259 e. The molecule has 1 amide bonds. The third-order valence-electron chi connectivity index (χ3n) is 6.89. The van der Waals surface area contributed by atoms with Crippen molar-refractivity contribution in [2.24, 2.45) is 22.9 Å². The van der Waals surface area contributed by atoms with Crippen molar-refractivity contribution in [2.45, 2.75) is 37.0 Å². The quantitative estimate of drug-likeness (QED) is 0.217. The largest absolute Gasteiger partial charge is 0.507 e. The monoisotopic (exact) mass is 585 g/mol. The number of amides is 1. The molecule has 0 bridgehead atoms. The summed E-state index contributed by atoms with van der Waals surface area (Å²) in [4.78, 5) is 30.2. The fraction of sp³-hybridized carbons (Fsp3) is 0.385. The van der Waals surface area contributed by atoms with Crippen LogP contribution in [-0.4, -0.2) is 76.3 Å². The second-order valence-electron chi connectivity index (χ2n) is 10.5. The van der Waals surface area contributed by atoms with Gasteiger partial charge >= 0.3 is 0 Å². The summed E-state index contributed by atoms with van der Waals surface area (Å²) in [5.41, 5.74) is 25.0. The summed E-state index contributed by atoms with van der Waals surface area (Å²) in [7, 11) is 0. The van der Waals surface area contributed by atoms with Gasteiger partial charge in [0.2, 0.25) is 17.8 Å². The third-order valence-corrected chi connectivity index (χ3v) is 7.12. The summed E-state index contributed by atoms with van der Waals surface area (Å²) < 4.78 is 15.0. The Morgan fingerprint density at radius 2 is 1.44 bits per heavy atom. The maximum absolute atomic E-state index is 15.0. The number of hydrogen-bond donors (Lipinski definition) is 7. The van der Waals surface area contributed by atoms with Crippen LogP contribution in [0.15, 0.2) is 36.4 Å². The molecule has 3 heterocycles. The molecule has 15 heteroatoms. The van der Waals surface area contributed by atoms with Crippen LogP contribution in [0, 0.1) is 5.82 Å². The number of piperidine rings is 2. The Bertz CT molecular complexity index is 1370. The SMILES string of the molecule is N[C@@H]1C[C@H](N)CN(c2nc(Nc3ccc(NC(=O)c4ccc(Cl)cc4O)c(F)c3)nc(N3C[C@H](N)C[C@H](N)C3)n2)C1. The number of carbonyl (C=O) groups is 1. The number of halogens is 2. The van der Waals surface area contributed by atoms with Gasteiger partial charge in [-0.3, -0.25) is 4.79 Å². The van der Waals surface area contributed by atoms with Crippen molar-refractivity contribution in [1.29, 1.82) is 0 Å². The average Bonchev–Trinajstić information content (AvgIpc) is 2.89. The molecular weight excluding hydrogens is 553 g/mol. The van der Waals surface area contributed by atoms with Crippen LogP contribution in [-0.2, 0) is 0 Å². The van der Waals surface area contributed by atoms with Crippen LogP contribution in [0.25, 0.3) is 0 Å². The van der Waals surface area contributed by atoms with Crippen molar-refractivity contribution < 1.29 is 14.3 Å². The van der Waals surface area contributed by atoms with Gasteiger partial charge in [0.1, 0.15) is 11.6 Å². The summed E-state index contributed by atoms with van der Waals surface area (Å²) in [6, 6.07) is 7.61. The Hall–Kier alpha value is -3.82. The second kappa shape index (κ2) is 12.0. The van der Waals surface area contributed by atoms with Gasteiger partial charge in [-0.15, -0.1) is 0 Å². The van der Waals surface area contributed by atoms with E-state index in [2.05, 4.69) is 25.6 Å². The zero-order chi connectivity index (χ0) is 29.3. The molecule has 11 N–H and O–H groups in total. The molecule has 0 unspecified atom stereocenters. The van der Waals surface area contributed by atoms with Gasteiger partial charge in [0, 0.05) is 61.1 Å².